The predicted molar refractivity (Wildman–Crippen MR) is 176 cm³/mol. The molecule has 11 nitrogen and oxygen atoms in total. The molecule has 45 heavy (non-hydrogen) atoms. The third-order valence-corrected chi connectivity index (χ3v) is 9.29. The van der Waals surface area contributed by atoms with Crippen molar-refractivity contribution < 1.29 is 14.3 Å². The van der Waals surface area contributed by atoms with Crippen LogP contribution in [0.5, 0.6) is 11.5 Å². The lowest BCUT2D eigenvalue weighted by Crippen LogP contribution is -2.45. The third-order valence-electron chi connectivity index (χ3n) is 8.54. The Morgan fingerprint density at radius 2 is 1.78 bits per heavy atom. The van der Waals surface area contributed by atoms with Gasteiger partial charge >= 0.3 is 0 Å². The molecule has 0 spiro atoms. The maximum Gasteiger partial charge on any atom is 0.259 e. The molecule has 4 heterocycles. The van der Waals surface area contributed by atoms with E-state index in [1.165, 1.54) is 31.3 Å². The molecule has 1 aliphatic carbocycles. The number of aromatic nitrogens is 4. The first-order valence-corrected chi connectivity index (χ1v) is 15.4. The van der Waals surface area contributed by atoms with Crippen molar-refractivity contribution >= 4 is 51.9 Å². The molecule has 2 fully saturated rings. The zero-order valence-electron chi connectivity index (χ0n) is 25.1. The van der Waals surface area contributed by atoms with Crippen molar-refractivity contribution in [1.82, 2.24) is 24.8 Å². The molecule has 3 aromatic heterocycles. The van der Waals surface area contributed by atoms with E-state index >= 15 is 0 Å². The molecule has 1 saturated heterocycles. The van der Waals surface area contributed by atoms with E-state index in [2.05, 4.69) is 33.2 Å². The second-order valence-corrected chi connectivity index (χ2v) is 12.0. The second kappa shape index (κ2) is 12.6. The summed E-state index contributed by atoms with van der Waals surface area (Å²) in [5.74, 6) is 2.05. The number of carbonyl (C=O) groups excluding carboxylic acids is 1. The van der Waals surface area contributed by atoms with Gasteiger partial charge in [-0.05, 0) is 37.1 Å². The van der Waals surface area contributed by atoms with Crippen molar-refractivity contribution in [2.75, 3.05) is 37.5 Å². The van der Waals surface area contributed by atoms with E-state index in [1.807, 2.05) is 12.1 Å². The zero-order valence-corrected chi connectivity index (χ0v) is 26.7. The Kier molecular flexibility index (Phi) is 8.56. The molecule has 4 aromatic rings. The largest absolute Gasteiger partial charge is 0.495 e. The van der Waals surface area contributed by atoms with Crippen LogP contribution in [0, 0.1) is 0 Å². The molecular formula is C32H33Cl2N7O4. The first-order valence-electron chi connectivity index (χ1n) is 14.6. The number of carbonyl (C=O) groups is 1. The van der Waals surface area contributed by atoms with Gasteiger partial charge in [-0.25, -0.2) is 9.97 Å². The van der Waals surface area contributed by atoms with E-state index in [-0.39, 0.29) is 39.2 Å². The van der Waals surface area contributed by atoms with E-state index in [4.69, 9.17) is 42.6 Å². The highest BCUT2D eigenvalue weighted by Gasteiger charge is 2.35. The van der Waals surface area contributed by atoms with Crippen LogP contribution in [0.3, 0.4) is 0 Å². The molecule has 2 aliphatic rings. The predicted octanol–water partition coefficient (Wildman–Crippen LogP) is 4.95. The Morgan fingerprint density at radius 3 is 2.42 bits per heavy atom. The van der Waals surface area contributed by atoms with Gasteiger partial charge < -0.3 is 25.0 Å². The number of rotatable bonds is 9. The first kappa shape index (κ1) is 30.7. The minimum absolute atomic E-state index is 0.185. The van der Waals surface area contributed by atoms with Crippen molar-refractivity contribution in [2.24, 2.45) is 7.05 Å². The van der Waals surface area contributed by atoms with Crippen LogP contribution < -0.4 is 30.6 Å². The highest BCUT2D eigenvalue weighted by Crippen LogP contribution is 2.45. The molecule has 1 aliphatic heterocycles. The van der Waals surface area contributed by atoms with Crippen molar-refractivity contribution in [2.45, 2.75) is 37.3 Å². The minimum atomic E-state index is -0.369. The van der Waals surface area contributed by atoms with E-state index in [0.717, 1.165) is 24.4 Å². The monoisotopic (exact) mass is 649 g/mol. The Bertz CT molecular complexity index is 1830. The third kappa shape index (κ3) is 5.78. The highest BCUT2D eigenvalue weighted by molar-refractivity contribution is 6.41. The van der Waals surface area contributed by atoms with Crippen LogP contribution >= 0.6 is 23.2 Å². The van der Waals surface area contributed by atoms with Crippen molar-refractivity contribution in [3.05, 3.63) is 75.3 Å². The van der Waals surface area contributed by atoms with Gasteiger partial charge in [-0.1, -0.05) is 42.3 Å². The number of amides is 1. The van der Waals surface area contributed by atoms with Crippen LogP contribution in [0.2, 0.25) is 10.0 Å². The maximum atomic E-state index is 13.7. The summed E-state index contributed by atoms with van der Waals surface area (Å²) in [6.07, 6.45) is 6.44. The van der Waals surface area contributed by atoms with Gasteiger partial charge in [0.25, 0.3) is 5.56 Å². The number of nitrogens with zero attached hydrogens (tertiary/aromatic N) is 5. The standard InChI is InChI=1S/C32H33Cl2N7O4/c1-5-26(42)37-21-15-41(25-11-7-10-20(36-25)17-8-6-9-17)16-22(21)38-32-35-14-18-12-19(31(43)40(2)30(18)39-32)27-28(33)23(44-3)13-24(45-4)29(27)34/h5,7,10-14,17,21-22H,1,6,8-9,15-16H2,2-4H3,(H,37,42)(H,35,38,39). The first-order chi connectivity index (χ1) is 21.7. The molecule has 13 heteroatoms. The van der Waals surface area contributed by atoms with Gasteiger partial charge in [0, 0.05) is 55.0 Å². The quantitative estimate of drug-likeness (QED) is 0.242. The summed E-state index contributed by atoms with van der Waals surface area (Å²) < 4.78 is 12.2. The number of methoxy groups -OCH3 is 2. The number of ether oxygens (including phenoxy) is 2. The number of hydrogen-bond donors (Lipinski definition) is 2. The summed E-state index contributed by atoms with van der Waals surface area (Å²) in [6, 6.07) is 8.81. The average molecular weight is 651 g/mol. The zero-order chi connectivity index (χ0) is 31.8. The van der Waals surface area contributed by atoms with Crippen molar-refractivity contribution in [3.8, 4) is 22.6 Å². The van der Waals surface area contributed by atoms with E-state index in [1.54, 1.807) is 25.4 Å². The van der Waals surface area contributed by atoms with Gasteiger partial charge in [-0.3, -0.25) is 14.2 Å². The fourth-order valence-corrected chi connectivity index (χ4v) is 6.56. The highest BCUT2D eigenvalue weighted by atomic mass is 35.5. The van der Waals surface area contributed by atoms with E-state index in [0.29, 0.717) is 53.1 Å². The molecule has 0 radical (unpaired) electrons. The van der Waals surface area contributed by atoms with Gasteiger partial charge in [0.15, 0.2) is 0 Å². The molecule has 6 rings (SSSR count). The molecular weight excluding hydrogens is 617 g/mol. The maximum absolute atomic E-state index is 13.7. The van der Waals surface area contributed by atoms with Gasteiger partial charge in [0.1, 0.15) is 23.0 Å². The number of aryl methyl sites for hydroxylation is 1. The number of benzene rings is 1. The number of anilines is 2. The number of halogens is 2. The normalized spacial score (nSPS) is 18.0. The molecule has 234 valence electrons. The lowest BCUT2D eigenvalue weighted by molar-refractivity contribution is -0.117. The summed E-state index contributed by atoms with van der Waals surface area (Å²) in [4.78, 5) is 42.3. The Labute approximate surface area is 270 Å². The van der Waals surface area contributed by atoms with Crippen LogP contribution in [0.4, 0.5) is 11.8 Å². The molecule has 2 N–H and O–H groups in total. The SMILES string of the molecule is C=CC(=O)NC1CN(c2cccc(C3CCC3)n2)CC1Nc1ncc2cc(-c3c(Cl)c(OC)cc(OC)c3Cl)c(=O)n(C)c2n1. The number of nitrogens with one attached hydrogen (secondary N) is 2. The number of hydrogen-bond acceptors (Lipinski definition) is 9. The summed E-state index contributed by atoms with van der Waals surface area (Å²) >= 11 is 13.3. The molecule has 0 bridgehead atoms. The Morgan fingerprint density at radius 1 is 1.07 bits per heavy atom. The molecule has 2 unspecified atom stereocenters. The average Bonchev–Trinajstić information content (AvgIpc) is 3.41. The van der Waals surface area contributed by atoms with Crippen molar-refractivity contribution in [1.29, 1.82) is 0 Å². The van der Waals surface area contributed by atoms with Crippen LogP contribution in [-0.2, 0) is 11.8 Å². The van der Waals surface area contributed by atoms with Gasteiger partial charge in [-0.15, -0.1) is 0 Å². The number of pyridine rings is 2. The van der Waals surface area contributed by atoms with Crippen molar-refractivity contribution in [3.63, 3.8) is 0 Å². The smallest absolute Gasteiger partial charge is 0.259 e. The molecule has 2 atom stereocenters. The molecule has 1 saturated carbocycles. The fraction of sp³-hybridized carbons (Fsp3) is 0.344. The summed E-state index contributed by atoms with van der Waals surface area (Å²) in [5.41, 5.74) is 1.68. The minimum Gasteiger partial charge on any atom is -0.495 e. The lowest BCUT2D eigenvalue weighted by atomic mass is 9.83. The second-order valence-electron chi connectivity index (χ2n) is 11.2. The molecule has 1 aromatic carbocycles. The summed E-state index contributed by atoms with van der Waals surface area (Å²) in [7, 11) is 4.56. The fourth-order valence-electron chi connectivity index (χ4n) is 5.86. The van der Waals surface area contributed by atoms with Crippen LogP contribution in [0.1, 0.15) is 30.9 Å². The summed E-state index contributed by atoms with van der Waals surface area (Å²) in [6.45, 7) is 4.69. The summed E-state index contributed by atoms with van der Waals surface area (Å²) in [5, 5.41) is 7.37. The van der Waals surface area contributed by atoms with Gasteiger partial charge in [0.05, 0.1) is 41.9 Å². The van der Waals surface area contributed by atoms with Crippen LogP contribution in [0.15, 0.2) is 54.0 Å². The Hall–Kier alpha value is -4.35. The van der Waals surface area contributed by atoms with Crippen LogP contribution in [-0.4, -0.2) is 64.8 Å². The Balaban J connectivity index is 1.32. The molecule has 1 amide bonds. The van der Waals surface area contributed by atoms with Gasteiger partial charge in [0.2, 0.25) is 11.9 Å². The van der Waals surface area contributed by atoms with E-state index in [9.17, 15) is 9.59 Å². The van der Waals surface area contributed by atoms with Crippen LogP contribution in [0.25, 0.3) is 22.2 Å². The number of fused-ring (bicyclic) bond motifs is 1. The lowest BCUT2D eigenvalue weighted by Gasteiger charge is -2.26. The van der Waals surface area contributed by atoms with Gasteiger partial charge in [-0.2, -0.15) is 4.98 Å². The van der Waals surface area contributed by atoms with E-state index < -0.39 is 0 Å². The topological polar surface area (TPSA) is 124 Å².